The van der Waals surface area contributed by atoms with Crippen molar-refractivity contribution < 1.29 is 19.4 Å². The monoisotopic (exact) mass is 338 g/mol. The number of benzene rings is 2. The predicted molar refractivity (Wildman–Crippen MR) is 95.7 cm³/mol. The number of aliphatic hydroxyl groups is 1. The molecule has 0 aliphatic heterocycles. The highest BCUT2D eigenvalue weighted by atomic mass is 16.5. The van der Waals surface area contributed by atoms with Crippen molar-refractivity contribution in [2.45, 2.75) is 25.6 Å². The van der Waals surface area contributed by atoms with Crippen LogP contribution in [0.25, 0.3) is 0 Å². The zero-order chi connectivity index (χ0) is 18.1. The lowest BCUT2D eigenvalue weighted by atomic mass is 9.93. The first kappa shape index (κ1) is 18.6. The maximum absolute atomic E-state index is 12.3. The van der Waals surface area contributed by atoms with Gasteiger partial charge in [0.05, 0.1) is 6.10 Å². The molecule has 0 saturated heterocycles. The van der Waals surface area contributed by atoms with Gasteiger partial charge in [0.25, 0.3) is 6.47 Å². The Balaban J connectivity index is 1.97. The van der Waals surface area contributed by atoms with Crippen LogP contribution in [0.5, 0.6) is 0 Å². The number of rotatable bonds is 9. The molecule has 0 saturated carbocycles. The molecule has 0 amide bonds. The van der Waals surface area contributed by atoms with Crippen molar-refractivity contribution >= 4 is 12.3 Å². The van der Waals surface area contributed by atoms with Crippen molar-refractivity contribution in [3.8, 4) is 0 Å². The minimum absolute atomic E-state index is 0.172. The highest BCUT2D eigenvalue weighted by Gasteiger charge is 2.21. The van der Waals surface area contributed by atoms with E-state index in [9.17, 15) is 14.7 Å². The Morgan fingerprint density at radius 1 is 1.04 bits per heavy atom. The van der Waals surface area contributed by atoms with Crippen LogP contribution in [0, 0.1) is 5.92 Å². The molecule has 0 spiro atoms. The van der Waals surface area contributed by atoms with Crippen LogP contribution in [0.15, 0.2) is 72.8 Å². The van der Waals surface area contributed by atoms with E-state index >= 15 is 0 Å². The standard InChI is InChI=1S/C21H22O4/c1-16(21(24)18-11-6-3-7-12-18)19(23)13-8-14-20(25-15-22)17-9-4-2-5-10-17/h2-13,15-16,20-21,24H,14H2,1H3/b13-8+/t16-,20-,21-/m0/s1. The summed E-state index contributed by atoms with van der Waals surface area (Å²) in [4.78, 5) is 23.0. The van der Waals surface area contributed by atoms with Crippen LogP contribution in [0.1, 0.15) is 36.7 Å². The molecule has 0 aliphatic rings. The van der Waals surface area contributed by atoms with Gasteiger partial charge in [-0.25, -0.2) is 0 Å². The molecule has 2 aromatic rings. The zero-order valence-corrected chi connectivity index (χ0v) is 14.1. The molecular weight excluding hydrogens is 316 g/mol. The number of carbonyl (C=O) groups excluding carboxylic acids is 2. The third kappa shape index (κ3) is 5.40. The normalized spacial score (nSPS) is 14.6. The van der Waals surface area contributed by atoms with E-state index in [0.717, 1.165) is 5.56 Å². The largest absolute Gasteiger partial charge is 0.459 e. The lowest BCUT2D eigenvalue weighted by Gasteiger charge is -2.17. The fraction of sp³-hybridized carbons (Fsp3) is 0.238. The third-order valence-electron chi connectivity index (χ3n) is 4.09. The Bertz CT molecular complexity index is 694. The van der Waals surface area contributed by atoms with E-state index in [2.05, 4.69) is 0 Å². The SMILES string of the molecule is C[C@@H](C(=O)/C=C/C[C@H](OC=O)c1ccccc1)[C@H](O)c1ccccc1. The molecule has 1 N–H and O–H groups in total. The molecule has 0 aromatic heterocycles. The summed E-state index contributed by atoms with van der Waals surface area (Å²) in [5, 5.41) is 10.3. The van der Waals surface area contributed by atoms with Gasteiger partial charge in [0, 0.05) is 12.3 Å². The van der Waals surface area contributed by atoms with Crippen LogP contribution >= 0.6 is 0 Å². The highest BCUT2D eigenvalue weighted by Crippen LogP contribution is 2.24. The minimum atomic E-state index is -0.852. The van der Waals surface area contributed by atoms with Crippen LogP contribution in [0.3, 0.4) is 0 Å². The van der Waals surface area contributed by atoms with E-state index in [1.54, 1.807) is 25.1 Å². The molecule has 0 fully saturated rings. The maximum Gasteiger partial charge on any atom is 0.293 e. The molecule has 0 bridgehead atoms. The number of allylic oxidation sites excluding steroid dienone is 1. The predicted octanol–water partition coefficient (Wildman–Crippen LogP) is 3.79. The summed E-state index contributed by atoms with van der Waals surface area (Å²) in [5.41, 5.74) is 1.58. The van der Waals surface area contributed by atoms with Gasteiger partial charge < -0.3 is 9.84 Å². The van der Waals surface area contributed by atoms with Crippen molar-refractivity contribution in [1.29, 1.82) is 0 Å². The van der Waals surface area contributed by atoms with Crippen molar-refractivity contribution in [3.63, 3.8) is 0 Å². The first-order chi connectivity index (χ1) is 12.1. The molecule has 0 unspecified atom stereocenters. The van der Waals surface area contributed by atoms with Crippen LogP contribution in [0.2, 0.25) is 0 Å². The van der Waals surface area contributed by atoms with Crippen molar-refractivity contribution in [1.82, 2.24) is 0 Å². The Hall–Kier alpha value is -2.72. The van der Waals surface area contributed by atoms with E-state index in [-0.39, 0.29) is 5.78 Å². The van der Waals surface area contributed by atoms with Crippen molar-refractivity contribution in [3.05, 3.63) is 83.9 Å². The lowest BCUT2D eigenvalue weighted by Crippen LogP contribution is -2.17. The second kappa shape index (κ2) is 9.55. The molecule has 0 aliphatic carbocycles. The lowest BCUT2D eigenvalue weighted by molar-refractivity contribution is -0.133. The Kier molecular flexibility index (Phi) is 7.11. The Morgan fingerprint density at radius 2 is 1.60 bits per heavy atom. The van der Waals surface area contributed by atoms with Gasteiger partial charge >= 0.3 is 0 Å². The highest BCUT2D eigenvalue weighted by molar-refractivity contribution is 5.91. The second-order valence-corrected chi connectivity index (χ2v) is 5.82. The summed E-state index contributed by atoms with van der Waals surface area (Å²) < 4.78 is 5.09. The summed E-state index contributed by atoms with van der Waals surface area (Å²) in [7, 11) is 0. The third-order valence-corrected chi connectivity index (χ3v) is 4.09. The van der Waals surface area contributed by atoms with Gasteiger partial charge in [-0.05, 0) is 17.2 Å². The Morgan fingerprint density at radius 3 is 2.16 bits per heavy atom. The molecule has 4 heteroatoms. The van der Waals surface area contributed by atoms with E-state index in [1.165, 1.54) is 6.08 Å². The summed E-state index contributed by atoms with van der Waals surface area (Å²) in [6.45, 7) is 2.11. The summed E-state index contributed by atoms with van der Waals surface area (Å²) in [5.74, 6) is -0.727. The topological polar surface area (TPSA) is 63.6 Å². The molecule has 25 heavy (non-hydrogen) atoms. The minimum Gasteiger partial charge on any atom is -0.459 e. The van der Waals surface area contributed by atoms with Crippen LogP contribution in [-0.4, -0.2) is 17.4 Å². The second-order valence-electron chi connectivity index (χ2n) is 5.82. The number of aliphatic hydroxyl groups excluding tert-OH is 1. The number of ether oxygens (including phenoxy) is 1. The quantitative estimate of drug-likeness (QED) is 0.558. The van der Waals surface area contributed by atoms with Gasteiger partial charge in [0.1, 0.15) is 6.10 Å². The first-order valence-corrected chi connectivity index (χ1v) is 8.21. The van der Waals surface area contributed by atoms with Gasteiger partial charge in [0.15, 0.2) is 5.78 Å². The number of hydrogen-bond acceptors (Lipinski definition) is 4. The molecule has 2 rings (SSSR count). The van der Waals surface area contributed by atoms with Crippen molar-refractivity contribution in [2.24, 2.45) is 5.92 Å². The van der Waals surface area contributed by atoms with Gasteiger partial charge in [-0.15, -0.1) is 0 Å². The molecule has 0 heterocycles. The Labute approximate surface area is 147 Å². The van der Waals surface area contributed by atoms with E-state index < -0.39 is 18.1 Å². The molecule has 3 atom stereocenters. The van der Waals surface area contributed by atoms with Gasteiger partial charge in [-0.1, -0.05) is 73.7 Å². The smallest absolute Gasteiger partial charge is 0.293 e. The molecule has 130 valence electrons. The van der Waals surface area contributed by atoms with Crippen LogP contribution < -0.4 is 0 Å². The average Bonchev–Trinajstić information content (AvgIpc) is 2.67. The van der Waals surface area contributed by atoms with Gasteiger partial charge in [-0.3, -0.25) is 9.59 Å². The van der Waals surface area contributed by atoms with E-state index in [0.29, 0.717) is 18.5 Å². The maximum atomic E-state index is 12.3. The fourth-order valence-electron chi connectivity index (χ4n) is 2.56. The van der Waals surface area contributed by atoms with Gasteiger partial charge in [-0.2, -0.15) is 0 Å². The number of carbonyl (C=O) groups is 2. The molecular formula is C21H22O4. The average molecular weight is 338 g/mol. The van der Waals surface area contributed by atoms with E-state index in [4.69, 9.17) is 4.74 Å². The number of ketones is 1. The number of hydrogen-bond donors (Lipinski definition) is 1. The van der Waals surface area contributed by atoms with Gasteiger partial charge in [0.2, 0.25) is 0 Å². The van der Waals surface area contributed by atoms with Crippen LogP contribution in [-0.2, 0) is 14.3 Å². The summed E-state index contributed by atoms with van der Waals surface area (Å²) in [6, 6.07) is 18.4. The fourth-order valence-corrected chi connectivity index (χ4v) is 2.56. The summed E-state index contributed by atoms with van der Waals surface area (Å²) >= 11 is 0. The molecule has 0 radical (unpaired) electrons. The summed E-state index contributed by atoms with van der Waals surface area (Å²) in [6.07, 6.45) is 2.23. The molecule has 4 nitrogen and oxygen atoms in total. The van der Waals surface area contributed by atoms with Crippen molar-refractivity contribution in [2.75, 3.05) is 0 Å². The molecule has 2 aromatic carbocycles. The van der Waals surface area contributed by atoms with E-state index in [1.807, 2.05) is 48.5 Å². The zero-order valence-electron chi connectivity index (χ0n) is 14.1. The van der Waals surface area contributed by atoms with Crippen LogP contribution in [0.4, 0.5) is 0 Å². The first-order valence-electron chi connectivity index (χ1n) is 8.21.